The van der Waals surface area contributed by atoms with Gasteiger partial charge in [0.15, 0.2) is 6.10 Å². The van der Waals surface area contributed by atoms with Crippen molar-refractivity contribution in [1.29, 1.82) is 0 Å². The molecule has 0 spiro atoms. The number of aliphatic carboxylic acids is 1. The van der Waals surface area contributed by atoms with Crippen molar-refractivity contribution in [3.63, 3.8) is 0 Å². The van der Waals surface area contributed by atoms with Gasteiger partial charge in [-0.15, -0.1) is 0 Å². The van der Waals surface area contributed by atoms with Crippen LogP contribution in [0.5, 0.6) is 5.75 Å². The third-order valence-electron chi connectivity index (χ3n) is 4.67. The van der Waals surface area contributed by atoms with Crippen LogP contribution in [-0.4, -0.2) is 46.4 Å². The summed E-state index contributed by atoms with van der Waals surface area (Å²) in [4.78, 5) is 13.7. The van der Waals surface area contributed by atoms with Crippen LogP contribution in [-0.2, 0) is 26.6 Å². The Labute approximate surface area is 145 Å². The number of nitrogens with zero attached hydrogens (tertiary/aromatic N) is 1. The lowest BCUT2D eigenvalue weighted by atomic mass is 10.0. The zero-order valence-corrected chi connectivity index (χ0v) is 13.5. The molecule has 130 valence electrons. The van der Waals surface area contributed by atoms with Gasteiger partial charge in [0.25, 0.3) is 0 Å². The van der Waals surface area contributed by atoms with Crippen molar-refractivity contribution < 1.29 is 24.5 Å². The first-order valence-corrected chi connectivity index (χ1v) is 8.20. The van der Waals surface area contributed by atoms with Crippen molar-refractivity contribution in [2.75, 3.05) is 13.1 Å². The quantitative estimate of drug-likeness (QED) is 0.885. The number of hydrogen-bond acceptors (Lipinski definition) is 5. The van der Waals surface area contributed by atoms with Crippen LogP contribution < -0.4 is 0 Å². The lowest BCUT2D eigenvalue weighted by Crippen LogP contribution is -2.49. The minimum Gasteiger partial charge on any atom is -0.508 e. The first kappa shape index (κ1) is 16.1. The van der Waals surface area contributed by atoms with Gasteiger partial charge in [-0.3, -0.25) is 4.90 Å². The van der Waals surface area contributed by atoms with Gasteiger partial charge < -0.3 is 19.7 Å². The van der Waals surface area contributed by atoms with E-state index in [1.54, 1.807) is 24.3 Å². The molecule has 0 aromatic heterocycles. The van der Waals surface area contributed by atoms with Crippen LogP contribution in [0.15, 0.2) is 54.6 Å². The second kappa shape index (κ2) is 6.15. The lowest BCUT2D eigenvalue weighted by Gasteiger charge is -2.38. The van der Waals surface area contributed by atoms with Crippen LogP contribution >= 0.6 is 0 Å². The molecule has 2 heterocycles. The number of benzene rings is 2. The third kappa shape index (κ3) is 3.00. The van der Waals surface area contributed by atoms with Crippen molar-refractivity contribution in [1.82, 2.24) is 4.90 Å². The monoisotopic (exact) mass is 341 g/mol. The van der Waals surface area contributed by atoms with E-state index < -0.39 is 24.0 Å². The summed E-state index contributed by atoms with van der Waals surface area (Å²) >= 11 is 0. The number of carbonyl (C=O) groups is 1. The molecule has 3 atom stereocenters. The number of ether oxygens (including phenoxy) is 2. The summed E-state index contributed by atoms with van der Waals surface area (Å²) in [6.45, 7) is 1.61. The van der Waals surface area contributed by atoms with E-state index in [9.17, 15) is 15.0 Å². The van der Waals surface area contributed by atoms with Gasteiger partial charge >= 0.3 is 5.97 Å². The second-order valence-electron chi connectivity index (χ2n) is 6.49. The topological polar surface area (TPSA) is 79.2 Å². The maximum Gasteiger partial charge on any atom is 0.335 e. The normalized spacial score (nSPS) is 28.8. The average Bonchev–Trinajstić information content (AvgIpc) is 2.88. The summed E-state index contributed by atoms with van der Waals surface area (Å²) in [6, 6.07) is 16.5. The number of aromatic hydroxyl groups is 1. The molecular formula is C19H19NO5. The van der Waals surface area contributed by atoms with Crippen LogP contribution in [0, 0.1) is 0 Å². The maximum absolute atomic E-state index is 11.6. The van der Waals surface area contributed by atoms with E-state index in [1.807, 2.05) is 30.3 Å². The summed E-state index contributed by atoms with van der Waals surface area (Å²) < 4.78 is 11.9. The highest BCUT2D eigenvalue weighted by Crippen LogP contribution is 2.42. The Balaban J connectivity index is 1.64. The number of hydrogen-bond donors (Lipinski definition) is 2. The Morgan fingerprint density at radius 2 is 1.84 bits per heavy atom. The molecule has 0 saturated carbocycles. The highest BCUT2D eigenvalue weighted by molar-refractivity contribution is 5.73. The van der Waals surface area contributed by atoms with Gasteiger partial charge in [-0.05, 0) is 29.8 Å². The standard InChI is InChI=1S/C19H19NO5/c21-15-8-6-14(7-9-15)19-12-20(10-13-4-2-1-3-5-13)11-16(24-19)17(25-19)18(22)23/h1-9,16-17,21H,10-12H2,(H,22,23). The SMILES string of the molecule is O=C(O)C1OC2(c3ccc(O)cc3)CN(Cc3ccccc3)CC1O2. The summed E-state index contributed by atoms with van der Waals surface area (Å²) in [7, 11) is 0. The molecule has 2 fully saturated rings. The zero-order chi connectivity index (χ0) is 17.4. The minimum atomic E-state index is -1.13. The molecule has 2 saturated heterocycles. The van der Waals surface area contributed by atoms with E-state index >= 15 is 0 Å². The molecule has 2 aromatic carbocycles. The molecule has 25 heavy (non-hydrogen) atoms. The number of carboxylic acid groups (broad SMARTS) is 1. The number of phenolic OH excluding ortho intramolecular Hbond substituents is 1. The molecular weight excluding hydrogens is 322 g/mol. The van der Waals surface area contributed by atoms with Crippen molar-refractivity contribution >= 4 is 5.97 Å². The fraction of sp³-hybridized carbons (Fsp3) is 0.316. The molecule has 6 heteroatoms. The zero-order valence-electron chi connectivity index (χ0n) is 13.5. The Morgan fingerprint density at radius 3 is 2.52 bits per heavy atom. The molecule has 0 amide bonds. The van der Waals surface area contributed by atoms with E-state index in [-0.39, 0.29) is 5.75 Å². The highest BCUT2D eigenvalue weighted by Gasteiger charge is 2.56. The predicted octanol–water partition coefficient (Wildman–Crippen LogP) is 1.93. The molecule has 0 aliphatic carbocycles. The van der Waals surface area contributed by atoms with Gasteiger partial charge in [0, 0.05) is 18.7 Å². The lowest BCUT2D eigenvalue weighted by molar-refractivity contribution is -0.219. The maximum atomic E-state index is 11.6. The van der Waals surface area contributed by atoms with Crippen molar-refractivity contribution in [3.8, 4) is 5.75 Å². The predicted molar refractivity (Wildman–Crippen MR) is 88.9 cm³/mol. The second-order valence-corrected chi connectivity index (χ2v) is 6.49. The largest absolute Gasteiger partial charge is 0.508 e. The molecule has 2 aliphatic heterocycles. The highest BCUT2D eigenvalue weighted by atomic mass is 16.8. The average molecular weight is 341 g/mol. The van der Waals surface area contributed by atoms with Crippen molar-refractivity contribution in [2.24, 2.45) is 0 Å². The molecule has 6 nitrogen and oxygen atoms in total. The van der Waals surface area contributed by atoms with Crippen molar-refractivity contribution in [3.05, 3.63) is 65.7 Å². The number of phenols is 1. The van der Waals surface area contributed by atoms with Gasteiger partial charge in [0.05, 0.1) is 6.54 Å². The van der Waals surface area contributed by atoms with Gasteiger partial charge in [0.2, 0.25) is 5.79 Å². The Bertz CT molecular complexity index is 763. The van der Waals surface area contributed by atoms with Crippen LogP contribution in [0.1, 0.15) is 11.1 Å². The van der Waals surface area contributed by atoms with Crippen LogP contribution in [0.25, 0.3) is 0 Å². The molecule has 2 bridgehead atoms. The van der Waals surface area contributed by atoms with E-state index in [0.29, 0.717) is 25.2 Å². The Morgan fingerprint density at radius 1 is 1.12 bits per heavy atom. The third-order valence-corrected chi connectivity index (χ3v) is 4.67. The van der Waals surface area contributed by atoms with Gasteiger partial charge in [-0.25, -0.2) is 4.79 Å². The van der Waals surface area contributed by atoms with Crippen LogP contribution in [0.3, 0.4) is 0 Å². The summed E-state index contributed by atoms with van der Waals surface area (Å²) in [5.41, 5.74) is 1.85. The van der Waals surface area contributed by atoms with E-state index in [0.717, 1.165) is 5.56 Å². The van der Waals surface area contributed by atoms with E-state index in [2.05, 4.69) is 4.90 Å². The van der Waals surface area contributed by atoms with Gasteiger partial charge in [0.1, 0.15) is 11.9 Å². The summed E-state index contributed by atoms with van der Waals surface area (Å²) in [6.07, 6.45) is -1.54. The Kier molecular flexibility index (Phi) is 3.95. The van der Waals surface area contributed by atoms with Crippen molar-refractivity contribution in [2.45, 2.75) is 24.5 Å². The molecule has 4 rings (SSSR count). The van der Waals surface area contributed by atoms with Gasteiger partial charge in [-0.2, -0.15) is 0 Å². The molecule has 2 aliphatic rings. The van der Waals surface area contributed by atoms with Gasteiger partial charge in [-0.1, -0.05) is 30.3 Å². The summed E-state index contributed by atoms with van der Waals surface area (Å²) in [5, 5.41) is 19.0. The fourth-order valence-corrected chi connectivity index (χ4v) is 3.55. The molecule has 2 aromatic rings. The number of fused-ring (bicyclic) bond motifs is 2. The molecule has 2 N–H and O–H groups in total. The van der Waals surface area contributed by atoms with Crippen LogP contribution in [0.2, 0.25) is 0 Å². The van der Waals surface area contributed by atoms with E-state index in [4.69, 9.17) is 9.47 Å². The minimum absolute atomic E-state index is 0.140. The first-order chi connectivity index (χ1) is 12.1. The number of morpholine rings is 1. The van der Waals surface area contributed by atoms with E-state index in [1.165, 1.54) is 0 Å². The number of carboxylic acids is 1. The van der Waals surface area contributed by atoms with Crippen LogP contribution in [0.4, 0.5) is 0 Å². The molecule has 0 radical (unpaired) electrons. The summed E-state index contributed by atoms with van der Waals surface area (Å²) in [5.74, 6) is -2.01. The smallest absolute Gasteiger partial charge is 0.335 e. The Hall–Kier alpha value is -2.41. The number of rotatable bonds is 4. The molecule has 3 unspecified atom stereocenters. The first-order valence-electron chi connectivity index (χ1n) is 8.20. The fourth-order valence-electron chi connectivity index (χ4n) is 3.55.